The molecule has 116 valence electrons. The molecular weight excluding hydrogens is 264 g/mol. The molecule has 0 radical (unpaired) electrons. The molecule has 0 saturated carbocycles. The zero-order chi connectivity index (χ0) is 15.6. The Bertz CT molecular complexity index is 491. The topological polar surface area (TPSA) is 55.6 Å². The normalized spacial score (nSPS) is 20.4. The molecule has 2 rings (SSSR count). The molecule has 0 spiro atoms. The van der Waals surface area contributed by atoms with Crippen molar-refractivity contribution in [1.29, 1.82) is 0 Å². The van der Waals surface area contributed by atoms with Gasteiger partial charge in [-0.1, -0.05) is 32.9 Å². The maximum atomic E-state index is 12.5. The summed E-state index contributed by atoms with van der Waals surface area (Å²) >= 11 is 0. The van der Waals surface area contributed by atoms with E-state index in [-0.39, 0.29) is 11.3 Å². The van der Waals surface area contributed by atoms with Crippen LogP contribution in [-0.4, -0.2) is 37.0 Å². The van der Waals surface area contributed by atoms with Crippen molar-refractivity contribution in [3.63, 3.8) is 0 Å². The van der Waals surface area contributed by atoms with Crippen molar-refractivity contribution in [3.8, 4) is 5.75 Å². The lowest BCUT2D eigenvalue weighted by Crippen LogP contribution is -2.49. The molecule has 21 heavy (non-hydrogen) atoms. The zero-order valence-corrected chi connectivity index (χ0v) is 13.4. The summed E-state index contributed by atoms with van der Waals surface area (Å²) in [5, 5.41) is 0. The van der Waals surface area contributed by atoms with E-state index in [1.165, 1.54) is 5.56 Å². The van der Waals surface area contributed by atoms with E-state index in [1.54, 1.807) is 7.11 Å². The molecular formula is C17H26N2O2. The third-order valence-electron chi connectivity index (χ3n) is 4.29. The summed E-state index contributed by atoms with van der Waals surface area (Å²) in [5.41, 5.74) is 7.15. The lowest BCUT2D eigenvalue weighted by atomic mass is 9.86. The minimum atomic E-state index is -0.438. The number of carbonyl (C=O) groups is 1. The average molecular weight is 290 g/mol. The number of amides is 1. The molecule has 2 N–H and O–H groups in total. The van der Waals surface area contributed by atoms with Gasteiger partial charge in [-0.25, -0.2) is 0 Å². The van der Waals surface area contributed by atoms with Crippen molar-refractivity contribution in [1.82, 2.24) is 4.90 Å². The Labute approximate surface area is 127 Å². The molecule has 1 aromatic rings. The zero-order valence-electron chi connectivity index (χ0n) is 13.4. The number of nitrogens with zero attached hydrogens (tertiary/aromatic N) is 1. The first-order valence-electron chi connectivity index (χ1n) is 7.51. The number of benzene rings is 1. The van der Waals surface area contributed by atoms with Crippen LogP contribution in [0.5, 0.6) is 5.75 Å². The second-order valence-electron chi connectivity index (χ2n) is 6.89. The monoisotopic (exact) mass is 290 g/mol. The molecule has 2 atom stereocenters. The molecule has 4 heteroatoms. The van der Waals surface area contributed by atoms with Crippen LogP contribution in [0.4, 0.5) is 0 Å². The van der Waals surface area contributed by atoms with E-state index >= 15 is 0 Å². The van der Waals surface area contributed by atoms with Crippen LogP contribution < -0.4 is 10.5 Å². The number of carbonyl (C=O) groups excluding carboxylic acids is 1. The van der Waals surface area contributed by atoms with E-state index in [0.29, 0.717) is 5.92 Å². The molecule has 0 aromatic heterocycles. The summed E-state index contributed by atoms with van der Waals surface area (Å²) < 4.78 is 5.18. The first kappa shape index (κ1) is 15.8. The number of hydrogen-bond acceptors (Lipinski definition) is 3. The van der Waals surface area contributed by atoms with E-state index in [4.69, 9.17) is 10.5 Å². The van der Waals surface area contributed by atoms with E-state index in [0.717, 1.165) is 25.3 Å². The van der Waals surface area contributed by atoms with Gasteiger partial charge in [0.1, 0.15) is 5.75 Å². The maximum absolute atomic E-state index is 12.5. The van der Waals surface area contributed by atoms with Crippen LogP contribution in [0.3, 0.4) is 0 Å². The fourth-order valence-corrected chi connectivity index (χ4v) is 2.68. The minimum Gasteiger partial charge on any atom is -0.497 e. The van der Waals surface area contributed by atoms with Crippen molar-refractivity contribution in [3.05, 3.63) is 29.8 Å². The molecule has 1 heterocycles. The number of rotatable bonds is 3. The van der Waals surface area contributed by atoms with Gasteiger partial charge < -0.3 is 15.4 Å². The van der Waals surface area contributed by atoms with Crippen molar-refractivity contribution in [2.75, 3.05) is 20.2 Å². The van der Waals surface area contributed by atoms with Gasteiger partial charge in [-0.2, -0.15) is 0 Å². The molecule has 1 saturated heterocycles. The van der Waals surface area contributed by atoms with Crippen molar-refractivity contribution >= 4 is 5.91 Å². The molecule has 1 amide bonds. The fraction of sp³-hybridized carbons (Fsp3) is 0.588. The lowest BCUT2D eigenvalue weighted by Gasteiger charge is -2.30. The number of likely N-dealkylation sites (tertiary alicyclic amines) is 1. The van der Waals surface area contributed by atoms with Crippen LogP contribution in [0.2, 0.25) is 0 Å². The molecule has 1 fully saturated rings. The smallest absolute Gasteiger partial charge is 0.240 e. The van der Waals surface area contributed by atoms with E-state index in [1.807, 2.05) is 37.8 Å². The fourth-order valence-electron chi connectivity index (χ4n) is 2.68. The highest BCUT2D eigenvalue weighted by Crippen LogP contribution is 2.30. The highest BCUT2D eigenvalue weighted by molar-refractivity contribution is 5.82. The van der Waals surface area contributed by atoms with Crippen molar-refractivity contribution < 1.29 is 9.53 Å². The van der Waals surface area contributed by atoms with Crippen molar-refractivity contribution in [2.45, 2.75) is 39.2 Å². The van der Waals surface area contributed by atoms with Gasteiger partial charge in [0.25, 0.3) is 0 Å². The second kappa shape index (κ2) is 6.06. The average Bonchev–Trinajstić information content (AvgIpc) is 2.94. The quantitative estimate of drug-likeness (QED) is 0.930. The molecule has 0 aliphatic carbocycles. The van der Waals surface area contributed by atoms with Crippen LogP contribution in [0.1, 0.15) is 38.7 Å². The van der Waals surface area contributed by atoms with Gasteiger partial charge in [0.15, 0.2) is 0 Å². The molecule has 0 bridgehead atoms. The van der Waals surface area contributed by atoms with Gasteiger partial charge in [0, 0.05) is 19.0 Å². The number of ether oxygens (including phenoxy) is 1. The van der Waals surface area contributed by atoms with E-state index in [2.05, 4.69) is 12.1 Å². The number of methoxy groups -OCH3 is 1. The van der Waals surface area contributed by atoms with Gasteiger partial charge >= 0.3 is 0 Å². The summed E-state index contributed by atoms with van der Waals surface area (Å²) in [5.74, 6) is 1.32. The van der Waals surface area contributed by atoms with Crippen LogP contribution in [-0.2, 0) is 4.79 Å². The summed E-state index contributed by atoms with van der Waals surface area (Å²) in [6.45, 7) is 7.57. The first-order chi connectivity index (χ1) is 9.82. The maximum Gasteiger partial charge on any atom is 0.240 e. The lowest BCUT2D eigenvalue weighted by molar-refractivity contribution is -0.133. The SMILES string of the molecule is COc1ccc(C2CCN(C(=O)[C@@H](N)C(C)(C)C)C2)cc1. The van der Waals surface area contributed by atoms with Gasteiger partial charge in [0.05, 0.1) is 13.2 Å². The summed E-state index contributed by atoms with van der Waals surface area (Å²) in [7, 11) is 1.67. The van der Waals surface area contributed by atoms with E-state index in [9.17, 15) is 4.79 Å². The largest absolute Gasteiger partial charge is 0.497 e. The standard InChI is InChI=1S/C17H26N2O2/c1-17(2,3)15(18)16(20)19-10-9-13(11-19)12-5-7-14(21-4)8-6-12/h5-8,13,15H,9-11,18H2,1-4H3/t13?,15-/m1/s1. The second-order valence-corrected chi connectivity index (χ2v) is 6.89. The third-order valence-corrected chi connectivity index (χ3v) is 4.29. The predicted molar refractivity (Wildman–Crippen MR) is 84.4 cm³/mol. The Hall–Kier alpha value is -1.55. The van der Waals surface area contributed by atoms with Crippen molar-refractivity contribution in [2.24, 2.45) is 11.1 Å². The van der Waals surface area contributed by atoms with Crippen LogP contribution in [0.25, 0.3) is 0 Å². The molecule has 1 unspecified atom stereocenters. The Morgan fingerprint density at radius 1 is 1.33 bits per heavy atom. The van der Waals surface area contributed by atoms with Gasteiger partial charge in [-0.05, 0) is 29.5 Å². The highest BCUT2D eigenvalue weighted by Gasteiger charge is 2.35. The molecule has 1 aromatic carbocycles. The minimum absolute atomic E-state index is 0.0681. The Kier molecular flexibility index (Phi) is 4.57. The summed E-state index contributed by atoms with van der Waals surface area (Å²) in [4.78, 5) is 14.4. The third kappa shape index (κ3) is 3.56. The van der Waals surface area contributed by atoms with Crippen LogP contribution >= 0.6 is 0 Å². The Balaban J connectivity index is 2.01. The van der Waals surface area contributed by atoms with E-state index < -0.39 is 6.04 Å². The van der Waals surface area contributed by atoms with Gasteiger partial charge in [0.2, 0.25) is 5.91 Å². The summed E-state index contributed by atoms with van der Waals surface area (Å²) in [6, 6.07) is 7.68. The van der Waals surface area contributed by atoms with Crippen LogP contribution in [0.15, 0.2) is 24.3 Å². The Morgan fingerprint density at radius 2 is 1.95 bits per heavy atom. The predicted octanol–water partition coefficient (Wildman–Crippen LogP) is 2.38. The highest BCUT2D eigenvalue weighted by atomic mass is 16.5. The first-order valence-corrected chi connectivity index (χ1v) is 7.51. The van der Waals surface area contributed by atoms with Gasteiger partial charge in [-0.3, -0.25) is 4.79 Å². The Morgan fingerprint density at radius 3 is 2.48 bits per heavy atom. The van der Waals surface area contributed by atoms with Gasteiger partial charge in [-0.15, -0.1) is 0 Å². The van der Waals surface area contributed by atoms with Crippen LogP contribution in [0, 0.1) is 5.41 Å². The molecule has 4 nitrogen and oxygen atoms in total. The number of nitrogens with two attached hydrogens (primary N) is 1. The number of hydrogen-bond donors (Lipinski definition) is 1. The summed E-state index contributed by atoms with van der Waals surface area (Å²) in [6.07, 6.45) is 0.995. The molecule has 1 aliphatic rings. The molecule has 1 aliphatic heterocycles.